The first kappa shape index (κ1) is 17.7. The van der Waals surface area contributed by atoms with Gasteiger partial charge in [-0.1, -0.05) is 18.2 Å². The summed E-state index contributed by atoms with van der Waals surface area (Å²) in [6, 6.07) is 10.0. The quantitative estimate of drug-likeness (QED) is 0.852. The zero-order valence-corrected chi connectivity index (χ0v) is 14.4. The molecule has 1 heterocycles. The van der Waals surface area contributed by atoms with Gasteiger partial charge in [0, 0.05) is 24.8 Å². The molecule has 1 N–H and O–H groups in total. The maximum Gasteiger partial charge on any atom is 0.0900 e. The van der Waals surface area contributed by atoms with Crippen LogP contribution in [0.4, 0.5) is 0 Å². The molecular formula is C18H27N3O2. The van der Waals surface area contributed by atoms with Gasteiger partial charge in [0.15, 0.2) is 0 Å². The number of aliphatic hydroxyl groups is 1. The predicted molar refractivity (Wildman–Crippen MR) is 91.6 cm³/mol. The lowest BCUT2D eigenvalue weighted by Crippen LogP contribution is -2.34. The molecule has 5 nitrogen and oxygen atoms in total. The standard InChI is InChI=1S/C18H27N3O2/c1-18(2,3)23-14-17(22)13-20(4)11-15-10-19-21(12-15)16-8-6-5-7-9-16/h5-10,12,17,22H,11,13-14H2,1-4H3. The van der Waals surface area contributed by atoms with Gasteiger partial charge >= 0.3 is 0 Å². The van der Waals surface area contributed by atoms with E-state index in [2.05, 4.69) is 10.00 Å². The molecule has 0 saturated carbocycles. The Balaban J connectivity index is 1.84. The number of aromatic nitrogens is 2. The Morgan fingerprint density at radius 1 is 1.26 bits per heavy atom. The first-order chi connectivity index (χ1) is 10.8. The molecule has 0 aliphatic heterocycles. The minimum Gasteiger partial charge on any atom is -0.389 e. The molecule has 0 saturated heterocycles. The van der Waals surface area contributed by atoms with Gasteiger partial charge in [-0.15, -0.1) is 0 Å². The largest absolute Gasteiger partial charge is 0.389 e. The third kappa shape index (κ3) is 6.14. The van der Waals surface area contributed by atoms with Crippen LogP contribution < -0.4 is 0 Å². The van der Waals surface area contributed by atoms with Gasteiger partial charge in [-0.3, -0.25) is 4.90 Å². The number of hydrogen-bond acceptors (Lipinski definition) is 4. The van der Waals surface area contributed by atoms with Gasteiger partial charge in [0.25, 0.3) is 0 Å². The van der Waals surface area contributed by atoms with Crippen molar-refractivity contribution in [3.05, 3.63) is 48.3 Å². The Morgan fingerprint density at radius 2 is 1.96 bits per heavy atom. The zero-order chi connectivity index (χ0) is 16.9. The monoisotopic (exact) mass is 317 g/mol. The lowest BCUT2D eigenvalue weighted by molar-refractivity contribution is -0.0550. The SMILES string of the molecule is CN(Cc1cnn(-c2ccccc2)c1)CC(O)COC(C)(C)C. The molecule has 0 aliphatic carbocycles. The number of aliphatic hydroxyl groups excluding tert-OH is 1. The summed E-state index contributed by atoms with van der Waals surface area (Å²) in [5.74, 6) is 0. The first-order valence-electron chi connectivity index (χ1n) is 7.93. The molecule has 0 fully saturated rings. The maximum atomic E-state index is 10.1. The third-order valence-electron chi connectivity index (χ3n) is 3.34. The van der Waals surface area contributed by atoms with Crippen molar-refractivity contribution in [3.8, 4) is 5.69 Å². The molecule has 1 unspecified atom stereocenters. The van der Waals surface area contributed by atoms with Crippen molar-refractivity contribution in [2.75, 3.05) is 20.2 Å². The minimum atomic E-state index is -0.497. The lowest BCUT2D eigenvalue weighted by Gasteiger charge is -2.24. The van der Waals surface area contributed by atoms with Crippen molar-refractivity contribution in [1.82, 2.24) is 14.7 Å². The molecule has 1 aromatic carbocycles. The molecule has 0 amide bonds. The highest BCUT2D eigenvalue weighted by Gasteiger charge is 2.15. The number of ether oxygens (including phenoxy) is 1. The van der Waals surface area contributed by atoms with Crippen LogP contribution in [0.2, 0.25) is 0 Å². The Kier molecular flexibility index (Phi) is 5.93. The van der Waals surface area contributed by atoms with Crippen molar-refractivity contribution >= 4 is 0 Å². The summed E-state index contributed by atoms with van der Waals surface area (Å²) in [5, 5.41) is 14.4. The molecule has 5 heteroatoms. The van der Waals surface area contributed by atoms with E-state index in [1.807, 2.05) is 75.2 Å². The number of benzene rings is 1. The number of likely N-dealkylation sites (N-methyl/N-ethyl adjacent to an activating group) is 1. The highest BCUT2D eigenvalue weighted by atomic mass is 16.5. The summed E-state index contributed by atoms with van der Waals surface area (Å²) >= 11 is 0. The molecule has 2 aromatic rings. The summed E-state index contributed by atoms with van der Waals surface area (Å²) in [7, 11) is 1.99. The average Bonchev–Trinajstić information content (AvgIpc) is 2.93. The van der Waals surface area contributed by atoms with Gasteiger partial charge in [-0.05, 0) is 40.0 Å². The van der Waals surface area contributed by atoms with Crippen LogP contribution in [0.25, 0.3) is 5.69 Å². The van der Waals surface area contributed by atoms with Gasteiger partial charge in [0.1, 0.15) is 0 Å². The average molecular weight is 317 g/mol. The second kappa shape index (κ2) is 7.73. The van der Waals surface area contributed by atoms with E-state index in [1.165, 1.54) is 0 Å². The van der Waals surface area contributed by atoms with Crippen LogP contribution in [-0.2, 0) is 11.3 Å². The maximum absolute atomic E-state index is 10.1. The Labute approximate surface area is 138 Å². The van der Waals surface area contributed by atoms with E-state index in [1.54, 1.807) is 0 Å². The van der Waals surface area contributed by atoms with Gasteiger partial charge < -0.3 is 9.84 Å². The first-order valence-corrected chi connectivity index (χ1v) is 7.93. The second-order valence-electron chi connectivity index (χ2n) is 6.90. The van der Waals surface area contributed by atoms with Crippen LogP contribution in [-0.4, -0.2) is 51.7 Å². The number of hydrogen-bond donors (Lipinski definition) is 1. The normalized spacial score (nSPS) is 13.5. The van der Waals surface area contributed by atoms with Gasteiger partial charge in [0.05, 0.1) is 30.2 Å². The van der Waals surface area contributed by atoms with Crippen molar-refractivity contribution in [1.29, 1.82) is 0 Å². The summed E-state index contributed by atoms with van der Waals surface area (Å²) in [5.41, 5.74) is 1.93. The van der Waals surface area contributed by atoms with Crippen LogP contribution >= 0.6 is 0 Å². The third-order valence-corrected chi connectivity index (χ3v) is 3.34. The highest BCUT2D eigenvalue weighted by molar-refractivity contribution is 5.30. The summed E-state index contributed by atoms with van der Waals surface area (Å²) < 4.78 is 7.47. The van der Waals surface area contributed by atoms with Crippen LogP contribution in [0, 0.1) is 0 Å². The summed E-state index contributed by atoms with van der Waals surface area (Å²) in [6.45, 7) is 7.60. The van der Waals surface area contributed by atoms with E-state index in [4.69, 9.17) is 4.74 Å². The van der Waals surface area contributed by atoms with Crippen molar-refractivity contribution < 1.29 is 9.84 Å². The van der Waals surface area contributed by atoms with Crippen LogP contribution in [0.15, 0.2) is 42.7 Å². The van der Waals surface area contributed by atoms with E-state index in [0.717, 1.165) is 17.8 Å². The van der Waals surface area contributed by atoms with Gasteiger partial charge in [-0.2, -0.15) is 5.10 Å². The fraction of sp³-hybridized carbons (Fsp3) is 0.500. The predicted octanol–water partition coefficient (Wildman–Crippen LogP) is 2.48. The van der Waals surface area contributed by atoms with E-state index in [0.29, 0.717) is 13.2 Å². The highest BCUT2D eigenvalue weighted by Crippen LogP contribution is 2.10. The van der Waals surface area contributed by atoms with Crippen LogP contribution in [0.3, 0.4) is 0 Å². The molecule has 2 rings (SSSR count). The molecule has 23 heavy (non-hydrogen) atoms. The number of nitrogens with zero attached hydrogens (tertiary/aromatic N) is 3. The second-order valence-corrected chi connectivity index (χ2v) is 6.90. The van der Waals surface area contributed by atoms with Gasteiger partial charge in [0.2, 0.25) is 0 Å². The van der Waals surface area contributed by atoms with E-state index in [-0.39, 0.29) is 5.60 Å². The number of para-hydroxylation sites is 1. The molecular weight excluding hydrogens is 290 g/mol. The number of rotatable bonds is 7. The van der Waals surface area contributed by atoms with E-state index in [9.17, 15) is 5.11 Å². The van der Waals surface area contributed by atoms with E-state index < -0.39 is 6.10 Å². The Bertz CT molecular complexity index is 590. The topological polar surface area (TPSA) is 50.5 Å². The lowest BCUT2D eigenvalue weighted by atomic mass is 10.2. The van der Waals surface area contributed by atoms with Crippen LogP contribution in [0.5, 0.6) is 0 Å². The molecule has 126 valence electrons. The molecule has 0 spiro atoms. The molecule has 0 radical (unpaired) electrons. The van der Waals surface area contributed by atoms with E-state index >= 15 is 0 Å². The summed E-state index contributed by atoms with van der Waals surface area (Å²) in [6.07, 6.45) is 3.38. The zero-order valence-electron chi connectivity index (χ0n) is 14.4. The van der Waals surface area contributed by atoms with Crippen molar-refractivity contribution in [2.24, 2.45) is 0 Å². The van der Waals surface area contributed by atoms with Gasteiger partial charge in [-0.25, -0.2) is 4.68 Å². The fourth-order valence-corrected chi connectivity index (χ4v) is 2.30. The Hall–Kier alpha value is -1.69. The molecule has 1 atom stereocenters. The van der Waals surface area contributed by atoms with Crippen molar-refractivity contribution in [3.63, 3.8) is 0 Å². The Morgan fingerprint density at radius 3 is 2.61 bits per heavy atom. The summed E-state index contributed by atoms with van der Waals surface area (Å²) in [4.78, 5) is 2.07. The minimum absolute atomic E-state index is 0.226. The molecule has 1 aromatic heterocycles. The molecule has 0 bridgehead atoms. The van der Waals surface area contributed by atoms with Crippen LogP contribution in [0.1, 0.15) is 26.3 Å². The molecule has 0 aliphatic rings. The van der Waals surface area contributed by atoms with Crippen molar-refractivity contribution in [2.45, 2.75) is 39.0 Å². The fourth-order valence-electron chi connectivity index (χ4n) is 2.30. The smallest absolute Gasteiger partial charge is 0.0900 e.